The van der Waals surface area contributed by atoms with Crippen molar-refractivity contribution in [3.05, 3.63) is 64.6 Å². The lowest BCUT2D eigenvalue weighted by Gasteiger charge is -2.34. The number of fused-ring (bicyclic) bond motifs is 1. The molecule has 0 saturated carbocycles. The minimum Gasteiger partial charge on any atom is -0.463 e. The van der Waals surface area contributed by atoms with Crippen LogP contribution < -0.4 is 5.32 Å². The zero-order valence-electron chi connectivity index (χ0n) is 15.5. The first-order chi connectivity index (χ1) is 13.1. The number of pyridine rings is 1. The van der Waals surface area contributed by atoms with Crippen molar-refractivity contribution in [2.24, 2.45) is 0 Å². The lowest BCUT2D eigenvalue weighted by molar-refractivity contribution is -0.138. The number of nitrogens with zero attached hydrogens (tertiary/aromatic N) is 1. The Balaban J connectivity index is 1.98. The first-order valence-electron chi connectivity index (χ1n) is 9.36. The van der Waals surface area contributed by atoms with Crippen molar-refractivity contribution in [2.75, 3.05) is 6.61 Å². The molecular formula is C22H22N2O3. The quantitative estimate of drug-likeness (QED) is 0.842. The van der Waals surface area contributed by atoms with Gasteiger partial charge < -0.3 is 10.1 Å². The highest BCUT2D eigenvalue weighted by Crippen LogP contribution is 2.44. The van der Waals surface area contributed by atoms with Crippen molar-refractivity contribution in [1.29, 1.82) is 0 Å². The number of carbonyl (C=O) groups excluding carboxylic acids is 2. The highest BCUT2D eigenvalue weighted by molar-refractivity contribution is 6.05. The normalized spacial score (nSPS) is 19.8. The van der Waals surface area contributed by atoms with E-state index < -0.39 is 5.92 Å². The molecule has 0 saturated heterocycles. The molecule has 1 aliphatic heterocycles. The molecule has 1 aromatic heterocycles. The third-order valence-electron chi connectivity index (χ3n) is 5.27. The van der Waals surface area contributed by atoms with Gasteiger partial charge in [0.15, 0.2) is 5.78 Å². The van der Waals surface area contributed by atoms with Crippen molar-refractivity contribution in [3.8, 4) is 0 Å². The molecule has 1 atom stereocenters. The molecule has 0 spiro atoms. The van der Waals surface area contributed by atoms with Crippen LogP contribution in [0.15, 0.2) is 59.1 Å². The average molecular weight is 362 g/mol. The largest absolute Gasteiger partial charge is 0.463 e. The van der Waals surface area contributed by atoms with E-state index in [0.29, 0.717) is 24.2 Å². The van der Waals surface area contributed by atoms with Gasteiger partial charge in [-0.2, -0.15) is 0 Å². The number of Topliss-reactive ketones (excluding diaryl/α,β-unsaturated/α-hetero) is 1. The zero-order chi connectivity index (χ0) is 19.0. The summed E-state index contributed by atoms with van der Waals surface area (Å²) in [6.45, 7) is 3.96. The summed E-state index contributed by atoms with van der Waals surface area (Å²) in [6.07, 6.45) is 3.89. The van der Waals surface area contributed by atoms with Crippen LogP contribution in [0.5, 0.6) is 0 Å². The second kappa shape index (κ2) is 6.99. The summed E-state index contributed by atoms with van der Waals surface area (Å²) in [6, 6.07) is 9.74. The zero-order valence-corrected chi connectivity index (χ0v) is 15.5. The Labute approximate surface area is 158 Å². The molecule has 5 nitrogen and oxygen atoms in total. The average Bonchev–Trinajstić information content (AvgIpc) is 2.67. The summed E-state index contributed by atoms with van der Waals surface area (Å²) in [5.41, 5.74) is 4.68. The van der Waals surface area contributed by atoms with E-state index in [-0.39, 0.29) is 11.8 Å². The van der Waals surface area contributed by atoms with E-state index >= 15 is 0 Å². The molecule has 0 fully saturated rings. The van der Waals surface area contributed by atoms with Gasteiger partial charge in [0.2, 0.25) is 0 Å². The Bertz CT molecular complexity index is 998. The number of esters is 1. The van der Waals surface area contributed by atoms with Crippen LogP contribution >= 0.6 is 0 Å². The number of hydrogen-bond acceptors (Lipinski definition) is 5. The molecule has 0 bridgehead atoms. The molecule has 0 amide bonds. The van der Waals surface area contributed by atoms with Crippen LogP contribution in [0.3, 0.4) is 0 Å². The second-order valence-electron chi connectivity index (χ2n) is 6.90. The molecule has 27 heavy (non-hydrogen) atoms. The molecule has 1 aliphatic carbocycles. The number of aromatic nitrogens is 1. The Kier molecular flexibility index (Phi) is 4.52. The predicted molar refractivity (Wildman–Crippen MR) is 103 cm³/mol. The molecule has 1 unspecified atom stereocenters. The van der Waals surface area contributed by atoms with Crippen molar-refractivity contribution in [3.63, 3.8) is 0 Å². The highest BCUT2D eigenvalue weighted by Gasteiger charge is 2.39. The molecule has 2 aliphatic rings. The molecule has 1 aromatic carbocycles. The van der Waals surface area contributed by atoms with E-state index in [1.165, 1.54) is 0 Å². The van der Waals surface area contributed by atoms with Gasteiger partial charge in [-0.25, -0.2) is 4.79 Å². The fourth-order valence-corrected chi connectivity index (χ4v) is 4.14. The smallest absolute Gasteiger partial charge is 0.336 e. The number of para-hydroxylation sites is 1. The van der Waals surface area contributed by atoms with Crippen LogP contribution in [0.25, 0.3) is 10.9 Å². The van der Waals surface area contributed by atoms with Gasteiger partial charge in [0.05, 0.1) is 17.7 Å². The minimum atomic E-state index is -0.430. The van der Waals surface area contributed by atoms with Gasteiger partial charge in [-0.15, -0.1) is 0 Å². The maximum absolute atomic E-state index is 12.9. The van der Waals surface area contributed by atoms with Gasteiger partial charge in [-0.05, 0) is 44.4 Å². The number of ether oxygens (including phenoxy) is 1. The lowest BCUT2D eigenvalue weighted by Crippen LogP contribution is -2.34. The number of benzene rings is 1. The van der Waals surface area contributed by atoms with Crippen LogP contribution in [-0.4, -0.2) is 23.3 Å². The minimum absolute atomic E-state index is 0.101. The molecule has 4 rings (SSSR count). The van der Waals surface area contributed by atoms with Gasteiger partial charge in [-0.3, -0.25) is 9.78 Å². The van der Waals surface area contributed by atoms with E-state index in [1.807, 2.05) is 37.3 Å². The number of nitrogens with one attached hydrogen (secondary N) is 1. The summed E-state index contributed by atoms with van der Waals surface area (Å²) in [4.78, 5) is 30.2. The molecular weight excluding hydrogens is 340 g/mol. The van der Waals surface area contributed by atoms with Crippen LogP contribution in [0.4, 0.5) is 0 Å². The Hall–Kier alpha value is -2.95. The third kappa shape index (κ3) is 2.93. The summed E-state index contributed by atoms with van der Waals surface area (Å²) in [7, 11) is 0. The summed E-state index contributed by atoms with van der Waals surface area (Å²) >= 11 is 0. The molecule has 0 radical (unpaired) electrons. The first-order valence-corrected chi connectivity index (χ1v) is 9.36. The third-order valence-corrected chi connectivity index (χ3v) is 5.27. The fraction of sp³-hybridized carbons (Fsp3) is 0.318. The van der Waals surface area contributed by atoms with E-state index in [9.17, 15) is 9.59 Å². The molecule has 138 valence electrons. The second-order valence-corrected chi connectivity index (χ2v) is 6.90. The van der Waals surface area contributed by atoms with E-state index in [2.05, 4.69) is 10.3 Å². The molecule has 2 aromatic rings. The summed E-state index contributed by atoms with van der Waals surface area (Å²) < 4.78 is 5.34. The van der Waals surface area contributed by atoms with Gasteiger partial charge in [0.25, 0.3) is 0 Å². The van der Waals surface area contributed by atoms with Crippen molar-refractivity contribution < 1.29 is 14.3 Å². The van der Waals surface area contributed by atoms with Crippen LogP contribution in [0, 0.1) is 0 Å². The standard InChI is InChI=1S/C22H22N2O3/c1-3-27-22(26)19-13(2)24-17-9-6-10-18(25)21(17)20(19)15-11-12-23-16-8-5-4-7-14(15)16/h4-5,7-8,11-12,20,24H,3,6,9-10H2,1-2H3. The SMILES string of the molecule is CCOC(=O)C1=C(C)NC2=C(C(=O)CCC2)C1c1ccnc2ccccc12. The molecule has 1 N–H and O–H groups in total. The topological polar surface area (TPSA) is 68.3 Å². The maximum Gasteiger partial charge on any atom is 0.336 e. The Morgan fingerprint density at radius 2 is 2.07 bits per heavy atom. The molecule has 2 heterocycles. The van der Waals surface area contributed by atoms with E-state index in [1.54, 1.807) is 13.1 Å². The lowest BCUT2D eigenvalue weighted by atomic mass is 9.74. The van der Waals surface area contributed by atoms with E-state index in [4.69, 9.17) is 4.74 Å². The van der Waals surface area contributed by atoms with Crippen LogP contribution in [0.2, 0.25) is 0 Å². The molecule has 5 heteroatoms. The number of allylic oxidation sites excluding steroid dienone is 3. The van der Waals surface area contributed by atoms with Gasteiger partial charge in [0.1, 0.15) is 0 Å². The fourth-order valence-electron chi connectivity index (χ4n) is 4.14. The maximum atomic E-state index is 12.9. The number of rotatable bonds is 3. The highest BCUT2D eigenvalue weighted by atomic mass is 16.5. The Morgan fingerprint density at radius 1 is 1.26 bits per heavy atom. The Morgan fingerprint density at radius 3 is 2.89 bits per heavy atom. The first kappa shape index (κ1) is 17.5. The van der Waals surface area contributed by atoms with Crippen LogP contribution in [0.1, 0.15) is 44.6 Å². The predicted octanol–water partition coefficient (Wildman–Crippen LogP) is 3.77. The monoisotopic (exact) mass is 362 g/mol. The number of ketones is 1. The van der Waals surface area contributed by atoms with Gasteiger partial charge in [0, 0.05) is 40.9 Å². The van der Waals surface area contributed by atoms with Crippen molar-refractivity contribution in [1.82, 2.24) is 10.3 Å². The van der Waals surface area contributed by atoms with Crippen molar-refractivity contribution >= 4 is 22.7 Å². The van der Waals surface area contributed by atoms with Gasteiger partial charge in [-0.1, -0.05) is 18.2 Å². The van der Waals surface area contributed by atoms with Crippen LogP contribution in [-0.2, 0) is 14.3 Å². The number of hydrogen-bond donors (Lipinski definition) is 1. The number of dihydropyridines is 1. The van der Waals surface area contributed by atoms with E-state index in [0.717, 1.165) is 40.7 Å². The van der Waals surface area contributed by atoms with Gasteiger partial charge >= 0.3 is 5.97 Å². The number of carbonyl (C=O) groups is 2. The summed E-state index contributed by atoms with van der Waals surface area (Å²) in [5, 5.41) is 4.26. The van der Waals surface area contributed by atoms with Crippen molar-refractivity contribution in [2.45, 2.75) is 39.0 Å². The summed E-state index contributed by atoms with van der Waals surface area (Å²) in [5.74, 6) is -0.705.